The Balaban J connectivity index is 1.83. The van der Waals surface area contributed by atoms with Gasteiger partial charge in [0, 0.05) is 24.9 Å². The molecule has 2 aliphatic heterocycles. The number of aliphatic carboxylic acids is 1. The molecule has 2 aliphatic rings. The van der Waals surface area contributed by atoms with Gasteiger partial charge in [-0.1, -0.05) is 0 Å². The summed E-state index contributed by atoms with van der Waals surface area (Å²) in [5, 5.41) is 8.78. The molecule has 0 radical (unpaired) electrons. The van der Waals surface area contributed by atoms with Gasteiger partial charge in [0.15, 0.2) is 9.84 Å². The van der Waals surface area contributed by atoms with Crippen molar-refractivity contribution in [3.8, 4) is 0 Å². The van der Waals surface area contributed by atoms with Gasteiger partial charge in [-0.05, 0) is 25.7 Å². The van der Waals surface area contributed by atoms with Crippen molar-refractivity contribution in [1.29, 1.82) is 0 Å². The third-order valence-corrected chi connectivity index (χ3v) is 6.67. The van der Waals surface area contributed by atoms with E-state index in [2.05, 4.69) is 4.98 Å². The zero-order valence-electron chi connectivity index (χ0n) is 11.2. The normalized spacial score (nSPS) is 28.2. The smallest absolute Gasteiger partial charge is 0.308 e. The fourth-order valence-electron chi connectivity index (χ4n) is 3.17. The number of hydrogen-bond acceptors (Lipinski definition) is 4. The van der Waals surface area contributed by atoms with E-state index in [0.29, 0.717) is 32.2 Å². The summed E-state index contributed by atoms with van der Waals surface area (Å²) >= 11 is 0. The number of hydrogen-bond donors (Lipinski definition) is 1. The van der Waals surface area contributed by atoms with E-state index >= 15 is 0 Å². The third-order valence-electron chi connectivity index (χ3n) is 4.40. The number of carboxylic acid groups (broad SMARTS) is 1. The van der Waals surface area contributed by atoms with Crippen molar-refractivity contribution >= 4 is 15.8 Å². The largest absolute Gasteiger partial charge is 0.481 e. The highest BCUT2D eigenvalue weighted by molar-refractivity contribution is 7.92. The summed E-state index contributed by atoms with van der Waals surface area (Å²) in [6, 6.07) is 0. The number of nitrogens with zero attached hydrogens (tertiary/aromatic N) is 2. The summed E-state index contributed by atoms with van der Waals surface area (Å²) in [5.74, 6) is -0.191. The molecule has 1 N–H and O–H groups in total. The topological polar surface area (TPSA) is 89.3 Å². The molecule has 0 bridgehead atoms. The van der Waals surface area contributed by atoms with Crippen LogP contribution in [0.5, 0.6) is 0 Å². The second kappa shape index (κ2) is 4.87. The van der Waals surface area contributed by atoms with Crippen LogP contribution in [-0.4, -0.2) is 40.0 Å². The fraction of sp³-hybridized carbons (Fsp3) is 0.692. The maximum Gasteiger partial charge on any atom is 0.308 e. The van der Waals surface area contributed by atoms with Gasteiger partial charge in [-0.3, -0.25) is 4.79 Å². The van der Waals surface area contributed by atoms with Crippen molar-refractivity contribution in [2.45, 2.75) is 43.9 Å². The highest BCUT2D eigenvalue weighted by Crippen LogP contribution is 2.26. The van der Waals surface area contributed by atoms with Crippen LogP contribution in [0.3, 0.4) is 0 Å². The molecular weight excluding hydrogens is 280 g/mol. The lowest BCUT2D eigenvalue weighted by atomic mass is 9.98. The van der Waals surface area contributed by atoms with Crippen LogP contribution in [0, 0.1) is 5.92 Å². The Morgan fingerprint density at radius 2 is 2.25 bits per heavy atom. The number of imidazole rings is 1. The molecule has 2 unspecified atom stereocenters. The fourth-order valence-corrected chi connectivity index (χ4v) is 5.00. The molecule has 1 aromatic heterocycles. The second-order valence-corrected chi connectivity index (χ2v) is 8.09. The highest BCUT2D eigenvalue weighted by Gasteiger charge is 2.34. The van der Waals surface area contributed by atoms with Crippen molar-refractivity contribution in [1.82, 2.24) is 9.55 Å². The summed E-state index contributed by atoms with van der Waals surface area (Å²) in [6.45, 7) is 0.409. The van der Waals surface area contributed by atoms with Gasteiger partial charge >= 0.3 is 5.97 Å². The minimum Gasteiger partial charge on any atom is -0.481 e. The molecule has 0 spiro atoms. The van der Waals surface area contributed by atoms with Crippen molar-refractivity contribution in [2.24, 2.45) is 5.92 Å². The van der Waals surface area contributed by atoms with Crippen LogP contribution in [0.1, 0.15) is 30.8 Å². The molecule has 20 heavy (non-hydrogen) atoms. The lowest BCUT2D eigenvalue weighted by Crippen LogP contribution is -2.29. The van der Waals surface area contributed by atoms with E-state index in [1.807, 2.05) is 4.57 Å². The molecule has 1 saturated heterocycles. The van der Waals surface area contributed by atoms with E-state index in [9.17, 15) is 13.2 Å². The first-order valence-electron chi connectivity index (χ1n) is 6.95. The molecule has 6 nitrogen and oxygen atoms in total. The molecule has 0 aromatic carbocycles. The van der Waals surface area contributed by atoms with Crippen molar-refractivity contribution in [3.05, 3.63) is 17.7 Å². The summed E-state index contributed by atoms with van der Waals surface area (Å²) < 4.78 is 25.7. The van der Waals surface area contributed by atoms with E-state index in [4.69, 9.17) is 5.11 Å². The molecular formula is C13H18N2O4S. The van der Waals surface area contributed by atoms with Gasteiger partial charge in [0.2, 0.25) is 0 Å². The first-order chi connectivity index (χ1) is 9.47. The Kier molecular flexibility index (Phi) is 3.32. The second-order valence-electron chi connectivity index (χ2n) is 5.69. The third kappa shape index (κ3) is 2.34. The Labute approximate surface area is 117 Å². The van der Waals surface area contributed by atoms with E-state index in [1.54, 1.807) is 6.20 Å². The summed E-state index contributed by atoms with van der Waals surface area (Å²) in [5.41, 5.74) is 1.02. The zero-order valence-corrected chi connectivity index (χ0v) is 12.0. The van der Waals surface area contributed by atoms with E-state index in [-0.39, 0.29) is 11.0 Å². The van der Waals surface area contributed by atoms with E-state index < -0.39 is 21.7 Å². The number of aromatic nitrogens is 2. The van der Waals surface area contributed by atoms with Gasteiger partial charge in [-0.2, -0.15) is 0 Å². The Bertz CT molecular complexity index is 635. The van der Waals surface area contributed by atoms with E-state index in [1.165, 1.54) is 0 Å². The predicted octanol–water partition coefficient (Wildman–Crippen LogP) is 0.650. The summed E-state index contributed by atoms with van der Waals surface area (Å²) in [7, 11) is -2.99. The predicted molar refractivity (Wildman–Crippen MR) is 72.2 cm³/mol. The Morgan fingerprint density at radius 1 is 1.45 bits per heavy atom. The minimum atomic E-state index is -2.99. The molecule has 7 heteroatoms. The first-order valence-corrected chi connectivity index (χ1v) is 8.66. The van der Waals surface area contributed by atoms with Gasteiger partial charge in [0.1, 0.15) is 5.82 Å². The van der Waals surface area contributed by atoms with Gasteiger partial charge in [0.05, 0.1) is 16.9 Å². The lowest BCUT2D eigenvalue weighted by molar-refractivity contribution is -0.142. The standard InChI is InChI=1S/C13H18N2O4S/c16-13(17)9-3-4-10-7-14-12(15(10)8-9)6-11-2-1-5-20(11,18)19/h7,9,11H,1-6,8H2,(H,16,17). The molecule has 0 saturated carbocycles. The number of fused-ring (bicyclic) bond motifs is 1. The maximum atomic E-state index is 11.9. The Hall–Kier alpha value is -1.37. The molecule has 0 amide bonds. The SMILES string of the molecule is O=C(O)C1CCc2cnc(CC3CCCS3(=O)=O)n2C1. The first kappa shape index (κ1) is 13.6. The number of rotatable bonds is 3. The van der Waals surface area contributed by atoms with Crippen LogP contribution < -0.4 is 0 Å². The Morgan fingerprint density at radius 3 is 2.90 bits per heavy atom. The molecule has 1 fully saturated rings. The molecule has 2 atom stereocenters. The van der Waals surface area contributed by atoms with Crippen LogP contribution in [-0.2, 0) is 34.0 Å². The monoisotopic (exact) mass is 298 g/mol. The maximum absolute atomic E-state index is 11.9. The quantitative estimate of drug-likeness (QED) is 0.885. The van der Waals surface area contributed by atoms with Crippen molar-refractivity contribution in [3.63, 3.8) is 0 Å². The number of carboxylic acids is 1. The van der Waals surface area contributed by atoms with Crippen LogP contribution >= 0.6 is 0 Å². The van der Waals surface area contributed by atoms with Crippen LogP contribution in [0.4, 0.5) is 0 Å². The van der Waals surface area contributed by atoms with Crippen molar-refractivity contribution < 1.29 is 18.3 Å². The molecule has 1 aromatic rings. The highest BCUT2D eigenvalue weighted by atomic mass is 32.2. The van der Waals surface area contributed by atoms with Crippen molar-refractivity contribution in [2.75, 3.05) is 5.75 Å². The molecule has 3 rings (SSSR count). The zero-order chi connectivity index (χ0) is 14.3. The van der Waals surface area contributed by atoms with Gasteiger partial charge in [0.25, 0.3) is 0 Å². The van der Waals surface area contributed by atoms with Gasteiger partial charge < -0.3 is 9.67 Å². The number of carbonyl (C=O) groups is 1. The van der Waals surface area contributed by atoms with Gasteiger partial charge in [-0.15, -0.1) is 0 Å². The average Bonchev–Trinajstić information content (AvgIpc) is 2.94. The molecule has 3 heterocycles. The van der Waals surface area contributed by atoms with Gasteiger partial charge in [-0.25, -0.2) is 13.4 Å². The average molecular weight is 298 g/mol. The summed E-state index contributed by atoms with van der Waals surface area (Å²) in [4.78, 5) is 15.4. The van der Waals surface area contributed by atoms with Crippen LogP contribution in [0.15, 0.2) is 6.20 Å². The number of aryl methyl sites for hydroxylation is 1. The number of sulfone groups is 1. The molecule has 110 valence electrons. The van der Waals surface area contributed by atoms with Crippen LogP contribution in [0.25, 0.3) is 0 Å². The van der Waals surface area contributed by atoms with Crippen LogP contribution in [0.2, 0.25) is 0 Å². The summed E-state index contributed by atoms with van der Waals surface area (Å²) in [6.07, 6.45) is 4.90. The lowest BCUT2D eigenvalue weighted by Gasteiger charge is -2.23. The minimum absolute atomic E-state index is 0.267. The van der Waals surface area contributed by atoms with E-state index in [0.717, 1.165) is 17.9 Å². The molecule has 0 aliphatic carbocycles.